The summed E-state index contributed by atoms with van der Waals surface area (Å²) in [6.45, 7) is 0. The first-order valence-corrected chi connectivity index (χ1v) is 10.9. The highest BCUT2D eigenvalue weighted by molar-refractivity contribution is 9.11. The summed E-state index contributed by atoms with van der Waals surface area (Å²) in [5.41, 5.74) is 0.871. The average molecular weight is 545 g/mol. The zero-order valence-electron chi connectivity index (χ0n) is 11.5. The molecule has 0 amide bonds. The third-order valence-corrected chi connectivity index (χ3v) is 7.14. The number of sulfonamides is 1. The topological polar surface area (TPSA) is 59.1 Å². The van der Waals surface area contributed by atoms with E-state index < -0.39 is 10.0 Å². The Morgan fingerprint density at radius 2 is 1.78 bits per heavy atom. The molecule has 1 aliphatic carbocycles. The highest BCUT2D eigenvalue weighted by Crippen LogP contribution is 2.44. The SMILES string of the molecule is O=S(=O)(Nc1nc(C2CC2)c(Br)cc1Br)c1cc(Cl)ccc1Br. The Morgan fingerprint density at radius 3 is 2.43 bits per heavy atom. The Balaban J connectivity index is 2.00. The van der Waals surface area contributed by atoms with Crippen LogP contribution in [0.2, 0.25) is 5.02 Å². The lowest BCUT2D eigenvalue weighted by molar-refractivity contribution is 0.600. The van der Waals surface area contributed by atoms with Gasteiger partial charge in [0.2, 0.25) is 0 Å². The van der Waals surface area contributed by atoms with Gasteiger partial charge in [0, 0.05) is 19.9 Å². The van der Waals surface area contributed by atoms with E-state index in [-0.39, 0.29) is 10.7 Å². The first kappa shape index (κ1) is 17.7. The summed E-state index contributed by atoms with van der Waals surface area (Å²) in [4.78, 5) is 4.53. The fourth-order valence-corrected chi connectivity index (χ4v) is 5.81. The molecule has 1 N–H and O–H groups in total. The number of rotatable bonds is 4. The lowest BCUT2D eigenvalue weighted by Gasteiger charge is -2.13. The van der Waals surface area contributed by atoms with Crippen molar-refractivity contribution in [3.8, 4) is 0 Å². The van der Waals surface area contributed by atoms with Crippen molar-refractivity contribution in [2.75, 3.05) is 4.72 Å². The van der Waals surface area contributed by atoms with Gasteiger partial charge in [-0.3, -0.25) is 4.72 Å². The van der Waals surface area contributed by atoms with E-state index in [0.29, 0.717) is 19.9 Å². The molecular weight excluding hydrogens is 535 g/mol. The minimum atomic E-state index is -3.81. The van der Waals surface area contributed by atoms with Crippen molar-refractivity contribution in [1.82, 2.24) is 4.98 Å². The molecule has 1 fully saturated rings. The van der Waals surface area contributed by atoms with Gasteiger partial charge in [-0.25, -0.2) is 13.4 Å². The van der Waals surface area contributed by atoms with Gasteiger partial charge in [0.05, 0.1) is 10.2 Å². The second kappa shape index (κ2) is 6.63. The number of nitrogens with one attached hydrogen (secondary N) is 1. The second-order valence-corrected chi connectivity index (χ2v) is 9.79. The predicted molar refractivity (Wildman–Crippen MR) is 102 cm³/mol. The van der Waals surface area contributed by atoms with E-state index in [1.165, 1.54) is 6.07 Å². The molecule has 1 aromatic heterocycles. The fraction of sp³-hybridized carbons (Fsp3) is 0.214. The minimum absolute atomic E-state index is 0.0644. The van der Waals surface area contributed by atoms with Crippen LogP contribution in [0.3, 0.4) is 0 Å². The molecule has 0 atom stereocenters. The Labute approximate surface area is 164 Å². The van der Waals surface area contributed by atoms with Gasteiger partial charge in [0.15, 0.2) is 5.82 Å². The molecule has 1 heterocycles. The van der Waals surface area contributed by atoms with E-state index in [2.05, 4.69) is 57.5 Å². The van der Waals surface area contributed by atoms with Gasteiger partial charge in [-0.05, 0) is 84.9 Å². The van der Waals surface area contributed by atoms with Crippen LogP contribution in [0, 0.1) is 0 Å². The van der Waals surface area contributed by atoms with Crippen LogP contribution in [0.5, 0.6) is 0 Å². The molecule has 0 radical (unpaired) electrons. The lowest BCUT2D eigenvalue weighted by atomic mass is 10.2. The first-order chi connectivity index (χ1) is 10.8. The molecule has 1 aromatic carbocycles. The highest BCUT2D eigenvalue weighted by Gasteiger charge is 2.29. The summed E-state index contributed by atoms with van der Waals surface area (Å²) in [5, 5.41) is 0.343. The fourth-order valence-electron chi connectivity index (χ4n) is 2.06. The van der Waals surface area contributed by atoms with Gasteiger partial charge in [0.1, 0.15) is 4.90 Å². The third-order valence-electron chi connectivity index (χ3n) is 3.33. The Kier molecular flexibility index (Phi) is 5.09. The van der Waals surface area contributed by atoms with Gasteiger partial charge in [-0.2, -0.15) is 0 Å². The van der Waals surface area contributed by atoms with E-state index in [1.54, 1.807) is 12.1 Å². The van der Waals surface area contributed by atoms with Crippen molar-refractivity contribution < 1.29 is 8.42 Å². The predicted octanol–water partition coefficient (Wildman–Crippen LogP) is 5.70. The maximum atomic E-state index is 12.6. The van der Waals surface area contributed by atoms with Gasteiger partial charge in [0.25, 0.3) is 10.0 Å². The summed E-state index contributed by atoms with van der Waals surface area (Å²) in [5.74, 6) is 0.653. The number of benzene rings is 1. The lowest BCUT2D eigenvalue weighted by Crippen LogP contribution is -2.15. The molecule has 23 heavy (non-hydrogen) atoms. The number of anilines is 1. The molecule has 1 aliphatic rings. The quantitative estimate of drug-likeness (QED) is 0.537. The van der Waals surface area contributed by atoms with E-state index in [1.807, 2.05) is 6.07 Å². The molecule has 3 rings (SSSR count). The molecule has 0 saturated heterocycles. The molecule has 9 heteroatoms. The molecular formula is C14H10Br3ClN2O2S. The number of hydrogen-bond acceptors (Lipinski definition) is 3. The molecule has 122 valence electrons. The van der Waals surface area contributed by atoms with Crippen LogP contribution in [-0.2, 0) is 10.0 Å². The molecule has 0 bridgehead atoms. The summed E-state index contributed by atoms with van der Waals surface area (Å²) in [6.07, 6.45) is 2.14. The summed E-state index contributed by atoms with van der Waals surface area (Å²) in [6, 6.07) is 6.41. The standard InChI is InChI=1S/C14H10Br3ClN2O2S/c15-9-4-3-8(18)5-12(9)23(21,22)20-14-11(17)6-10(16)13(19-14)7-1-2-7/h3-7H,1-2H2,(H,19,20). The second-order valence-electron chi connectivity index (χ2n) is 5.14. The Hall–Kier alpha value is -0.150. The molecule has 4 nitrogen and oxygen atoms in total. The van der Waals surface area contributed by atoms with Gasteiger partial charge in [-0.15, -0.1) is 0 Å². The Morgan fingerprint density at radius 1 is 1.09 bits per heavy atom. The minimum Gasteiger partial charge on any atom is -0.262 e. The number of pyridine rings is 1. The Bertz CT molecular complexity index is 886. The van der Waals surface area contributed by atoms with Crippen molar-refractivity contribution in [2.45, 2.75) is 23.7 Å². The van der Waals surface area contributed by atoms with Crippen LogP contribution >= 0.6 is 59.4 Å². The van der Waals surface area contributed by atoms with Gasteiger partial charge >= 0.3 is 0 Å². The van der Waals surface area contributed by atoms with Crippen LogP contribution in [0.1, 0.15) is 24.5 Å². The first-order valence-electron chi connectivity index (χ1n) is 6.62. The summed E-state index contributed by atoms with van der Waals surface area (Å²) in [7, 11) is -3.81. The normalized spacial score (nSPS) is 14.8. The number of aromatic nitrogens is 1. The number of nitrogens with zero attached hydrogens (tertiary/aromatic N) is 1. The van der Waals surface area contributed by atoms with Crippen LogP contribution < -0.4 is 4.72 Å². The molecule has 1 saturated carbocycles. The maximum absolute atomic E-state index is 12.6. The van der Waals surface area contributed by atoms with Crippen LogP contribution in [0.4, 0.5) is 5.82 Å². The third kappa shape index (κ3) is 3.92. The van der Waals surface area contributed by atoms with E-state index >= 15 is 0 Å². The van der Waals surface area contributed by atoms with E-state index in [9.17, 15) is 8.42 Å². The largest absolute Gasteiger partial charge is 0.264 e. The monoisotopic (exact) mass is 542 g/mol. The van der Waals surface area contributed by atoms with Crippen LogP contribution in [-0.4, -0.2) is 13.4 Å². The number of hydrogen-bond donors (Lipinski definition) is 1. The summed E-state index contributed by atoms with van der Waals surface area (Å²) >= 11 is 16.0. The summed E-state index contributed by atoms with van der Waals surface area (Å²) < 4.78 is 29.7. The van der Waals surface area contributed by atoms with Crippen LogP contribution in [0.25, 0.3) is 0 Å². The smallest absolute Gasteiger partial charge is 0.262 e. The van der Waals surface area contributed by atoms with Crippen molar-refractivity contribution >= 4 is 75.2 Å². The molecule has 2 aromatic rings. The average Bonchev–Trinajstić information content (AvgIpc) is 3.29. The van der Waals surface area contributed by atoms with Gasteiger partial charge < -0.3 is 0 Å². The molecule has 0 aliphatic heterocycles. The molecule has 0 spiro atoms. The number of halogens is 4. The van der Waals surface area contributed by atoms with E-state index in [0.717, 1.165) is 23.0 Å². The van der Waals surface area contributed by atoms with Crippen molar-refractivity contribution in [3.63, 3.8) is 0 Å². The van der Waals surface area contributed by atoms with Crippen molar-refractivity contribution in [2.24, 2.45) is 0 Å². The molecule has 0 unspecified atom stereocenters. The zero-order chi connectivity index (χ0) is 16.8. The maximum Gasteiger partial charge on any atom is 0.264 e. The van der Waals surface area contributed by atoms with Crippen molar-refractivity contribution in [1.29, 1.82) is 0 Å². The van der Waals surface area contributed by atoms with E-state index in [4.69, 9.17) is 11.6 Å². The van der Waals surface area contributed by atoms with Crippen LogP contribution in [0.15, 0.2) is 42.6 Å². The van der Waals surface area contributed by atoms with Gasteiger partial charge in [-0.1, -0.05) is 11.6 Å². The zero-order valence-corrected chi connectivity index (χ0v) is 17.8. The highest BCUT2D eigenvalue weighted by atomic mass is 79.9. The van der Waals surface area contributed by atoms with Crippen molar-refractivity contribution in [3.05, 3.63) is 48.4 Å².